The topological polar surface area (TPSA) is 90.4 Å². The maximum Gasteiger partial charge on any atom is 0.329 e. The summed E-state index contributed by atoms with van der Waals surface area (Å²) in [6.07, 6.45) is 0.573. The van der Waals surface area contributed by atoms with Crippen LogP contribution in [0.5, 0.6) is 0 Å². The van der Waals surface area contributed by atoms with Gasteiger partial charge in [-0.25, -0.2) is 9.18 Å². The lowest BCUT2D eigenvalue weighted by atomic mass is 10.2. The smallest absolute Gasteiger partial charge is 0.329 e. The van der Waals surface area contributed by atoms with E-state index in [9.17, 15) is 18.8 Å². The first-order valence-electron chi connectivity index (χ1n) is 11.5. The van der Waals surface area contributed by atoms with Crippen molar-refractivity contribution in [1.82, 2.24) is 14.5 Å². The van der Waals surface area contributed by atoms with Crippen molar-refractivity contribution in [3.8, 4) is 0 Å². The number of hydrogen-bond donors (Lipinski definition) is 2. The number of hydrogen-bond acceptors (Lipinski definition) is 5. The lowest BCUT2D eigenvalue weighted by molar-refractivity contribution is -0.131. The second-order valence-electron chi connectivity index (χ2n) is 8.49. The van der Waals surface area contributed by atoms with E-state index in [1.54, 1.807) is 35.2 Å². The average Bonchev–Trinajstić information content (AvgIpc) is 2.83. The SMILES string of the molecule is Cc1ccc(Nc2cc(=O)n(CCCC(=O)N3CCN(c4ccccc4F)CC3)c(=O)[nH]2)cc1Cl. The fourth-order valence-electron chi connectivity index (χ4n) is 4.08. The molecule has 10 heteroatoms. The third-order valence-corrected chi connectivity index (χ3v) is 6.48. The number of rotatable bonds is 7. The zero-order valence-corrected chi connectivity index (χ0v) is 20.1. The molecule has 2 heterocycles. The fourth-order valence-corrected chi connectivity index (χ4v) is 4.26. The van der Waals surface area contributed by atoms with E-state index in [-0.39, 0.29) is 30.5 Å². The molecule has 0 aliphatic carbocycles. The lowest BCUT2D eigenvalue weighted by Gasteiger charge is -2.36. The number of aryl methyl sites for hydroxylation is 1. The van der Waals surface area contributed by atoms with Crippen LogP contribution in [0.15, 0.2) is 58.1 Å². The zero-order valence-electron chi connectivity index (χ0n) is 19.4. The van der Waals surface area contributed by atoms with E-state index < -0.39 is 11.2 Å². The molecular formula is C25H27ClFN5O3. The minimum atomic E-state index is -0.552. The Balaban J connectivity index is 1.29. The number of nitrogens with zero attached hydrogens (tertiary/aromatic N) is 3. The molecule has 0 saturated carbocycles. The Bertz CT molecular complexity index is 1300. The van der Waals surface area contributed by atoms with Crippen molar-refractivity contribution >= 4 is 34.7 Å². The van der Waals surface area contributed by atoms with E-state index in [0.29, 0.717) is 49.0 Å². The van der Waals surface area contributed by atoms with Gasteiger partial charge in [-0.15, -0.1) is 0 Å². The Morgan fingerprint density at radius 2 is 1.83 bits per heavy atom. The molecule has 1 saturated heterocycles. The van der Waals surface area contributed by atoms with E-state index in [1.165, 1.54) is 12.1 Å². The molecule has 1 fully saturated rings. The van der Waals surface area contributed by atoms with E-state index >= 15 is 0 Å². The van der Waals surface area contributed by atoms with Gasteiger partial charge in [0.2, 0.25) is 5.91 Å². The highest BCUT2D eigenvalue weighted by Crippen LogP contribution is 2.22. The quantitative estimate of drug-likeness (QED) is 0.519. The third-order valence-electron chi connectivity index (χ3n) is 6.07. The molecule has 0 bridgehead atoms. The molecule has 3 aromatic rings. The summed E-state index contributed by atoms with van der Waals surface area (Å²) in [5.74, 6) is -0.0519. The number of halogens is 2. The minimum absolute atomic E-state index is 0.0443. The molecule has 0 spiro atoms. The second-order valence-corrected chi connectivity index (χ2v) is 8.90. The summed E-state index contributed by atoms with van der Waals surface area (Å²) in [6, 6.07) is 13.3. The van der Waals surface area contributed by atoms with Gasteiger partial charge in [-0.1, -0.05) is 29.8 Å². The van der Waals surface area contributed by atoms with Gasteiger partial charge in [0.05, 0.1) is 5.69 Å². The molecule has 0 atom stereocenters. The van der Waals surface area contributed by atoms with Crippen LogP contribution in [0.2, 0.25) is 5.02 Å². The Hall–Kier alpha value is -3.59. The number of para-hydroxylation sites is 1. The number of anilines is 3. The first kappa shape index (κ1) is 24.5. The number of carbonyl (C=O) groups is 1. The number of nitrogens with one attached hydrogen (secondary N) is 2. The number of benzene rings is 2. The number of aromatic amines is 1. The van der Waals surface area contributed by atoms with E-state index in [2.05, 4.69) is 10.3 Å². The van der Waals surface area contributed by atoms with Crippen LogP contribution in [-0.4, -0.2) is 46.5 Å². The van der Waals surface area contributed by atoms with Gasteiger partial charge in [-0.3, -0.25) is 19.1 Å². The Morgan fingerprint density at radius 1 is 1.09 bits per heavy atom. The molecule has 0 unspecified atom stereocenters. The largest absolute Gasteiger partial charge is 0.366 e. The van der Waals surface area contributed by atoms with Crippen molar-refractivity contribution in [2.24, 2.45) is 0 Å². The number of piperazine rings is 1. The minimum Gasteiger partial charge on any atom is -0.366 e. The van der Waals surface area contributed by atoms with E-state index in [1.807, 2.05) is 17.9 Å². The second kappa shape index (κ2) is 10.8. The van der Waals surface area contributed by atoms with Gasteiger partial charge in [0.1, 0.15) is 11.6 Å². The molecule has 1 aromatic heterocycles. The Labute approximate surface area is 206 Å². The highest BCUT2D eigenvalue weighted by Gasteiger charge is 2.22. The van der Waals surface area contributed by atoms with Crippen molar-refractivity contribution in [3.05, 3.63) is 85.8 Å². The molecule has 1 aliphatic rings. The highest BCUT2D eigenvalue weighted by atomic mass is 35.5. The van der Waals surface area contributed by atoms with Crippen LogP contribution in [0.1, 0.15) is 18.4 Å². The van der Waals surface area contributed by atoms with Crippen LogP contribution >= 0.6 is 11.6 Å². The Morgan fingerprint density at radius 3 is 2.51 bits per heavy atom. The van der Waals surface area contributed by atoms with Crippen molar-refractivity contribution < 1.29 is 9.18 Å². The molecule has 4 rings (SSSR count). The van der Waals surface area contributed by atoms with Crippen LogP contribution < -0.4 is 21.5 Å². The fraction of sp³-hybridized carbons (Fsp3) is 0.320. The molecule has 1 amide bonds. The number of H-pyrrole nitrogens is 1. The summed E-state index contributed by atoms with van der Waals surface area (Å²) in [6.45, 7) is 4.10. The summed E-state index contributed by atoms with van der Waals surface area (Å²) >= 11 is 6.12. The number of carbonyl (C=O) groups excluding carboxylic acids is 1. The first-order chi connectivity index (χ1) is 16.8. The molecule has 8 nitrogen and oxygen atoms in total. The zero-order chi connectivity index (χ0) is 24.9. The third kappa shape index (κ3) is 5.92. The summed E-state index contributed by atoms with van der Waals surface area (Å²) in [7, 11) is 0. The lowest BCUT2D eigenvalue weighted by Crippen LogP contribution is -2.49. The molecule has 0 radical (unpaired) electrons. The predicted octanol–water partition coefficient (Wildman–Crippen LogP) is 3.51. The Kier molecular flexibility index (Phi) is 7.55. The van der Waals surface area contributed by atoms with Crippen LogP contribution in [0.25, 0.3) is 0 Å². The molecule has 1 aliphatic heterocycles. The van der Waals surface area contributed by atoms with E-state index in [0.717, 1.165) is 10.1 Å². The van der Waals surface area contributed by atoms with Crippen molar-refractivity contribution in [1.29, 1.82) is 0 Å². The van der Waals surface area contributed by atoms with Gasteiger partial charge in [0.15, 0.2) is 0 Å². The normalized spacial score (nSPS) is 13.7. The standard InChI is InChI=1S/C25H27ClFN5O3/c1-17-8-9-18(15-19(17)26)28-22-16-24(34)32(25(35)29-22)10-4-7-23(33)31-13-11-30(12-14-31)21-6-3-2-5-20(21)27/h2-3,5-6,8-9,15-16,28H,4,7,10-14H2,1H3,(H,29,35). The highest BCUT2D eigenvalue weighted by molar-refractivity contribution is 6.31. The average molecular weight is 500 g/mol. The van der Waals surface area contributed by atoms with Gasteiger partial charge in [0.25, 0.3) is 5.56 Å². The summed E-state index contributed by atoms with van der Waals surface area (Å²) in [5, 5.41) is 3.55. The molecule has 2 aromatic carbocycles. The van der Waals surface area contributed by atoms with Crippen molar-refractivity contribution in [3.63, 3.8) is 0 Å². The molecule has 2 N–H and O–H groups in total. The van der Waals surface area contributed by atoms with Crippen molar-refractivity contribution in [2.45, 2.75) is 26.3 Å². The molecule has 184 valence electrons. The van der Waals surface area contributed by atoms with Crippen LogP contribution in [0.4, 0.5) is 21.6 Å². The van der Waals surface area contributed by atoms with Crippen LogP contribution in [0.3, 0.4) is 0 Å². The predicted molar refractivity (Wildman–Crippen MR) is 135 cm³/mol. The van der Waals surface area contributed by atoms with Gasteiger partial charge in [-0.05, 0) is 43.2 Å². The van der Waals surface area contributed by atoms with Crippen molar-refractivity contribution in [2.75, 3.05) is 36.4 Å². The van der Waals surface area contributed by atoms with Gasteiger partial charge in [-0.2, -0.15) is 0 Å². The maximum absolute atomic E-state index is 14.0. The number of amides is 1. The summed E-state index contributed by atoms with van der Waals surface area (Å²) in [5.41, 5.74) is 1.10. The van der Waals surface area contributed by atoms with Crippen LogP contribution in [0, 0.1) is 12.7 Å². The van der Waals surface area contributed by atoms with E-state index in [4.69, 9.17) is 11.6 Å². The summed E-state index contributed by atoms with van der Waals surface area (Å²) < 4.78 is 15.1. The molecular weight excluding hydrogens is 473 g/mol. The maximum atomic E-state index is 14.0. The van der Waals surface area contributed by atoms with Gasteiger partial charge >= 0.3 is 5.69 Å². The first-order valence-corrected chi connectivity index (χ1v) is 11.8. The summed E-state index contributed by atoms with van der Waals surface area (Å²) in [4.78, 5) is 43.9. The van der Waals surface area contributed by atoms with Gasteiger partial charge in [0, 0.05) is 55.9 Å². The van der Waals surface area contributed by atoms with Gasteiger partial charge < -0.3 is 15.1 Å². The van der Waals surface area contributed by atoms with Crippen LogP contribution in [-0.2, 0) is 11.3 Å². The molecule has 35 heavy (non-hydrogen) atoms. The monoisotopic (exact) mass is 499 g/mol. The number of aromatic nitrogens is 2.